The molecule has 0 aliphatic carbocycles. The van der Waals surface area contributed by atoms with Gasteiger partial charge in [-0.15, -0.1) is 0 Å². The molecule has 7 nitrogen and oxygen atoms in total. The second-order valence-electron chi connectivity index (χ2n) is 8.17. The molecule has 1 saturated heterocycles. The fourth-order valence-corrected chi connectivity index (χ4v) is 4.21. The molecule has 0 spiro atoms. The minimum absolute atomic E-state index is 0.106. The Balaban J connectivity index is 1.83. The number of nitrogens with one attached hydrogen (secondary N) is 1. The highest BCUT2D eigenvalue weighted by molar-refractivity contribution is 6.46. The number of para-hydroxylation sites is 1. The molecule has 2 heterocycles. The topological polar surface area (TPSA) is 85.9 Å². The van der Waals surface area contributed by atoms with Crippen LogP contribution in [0.25, 0.3) is 16.7 Å². The normalized spacial score (nSPS) is 18.1. The summed E-state index contributed by atoms with van der Waals surface area (Å²) in [5.74, 6) is -0.754. The van der Waals surface area contributed by atoms with Crippen molar-refractivity contribution in [2.24, 2.45) is 0 Å². The van der Waals surface area contributed by atoms with Gasteiger partial charge in [0.05, 0.1) is 18.7 Å². The average Bonchev–Trinajstić information content (AvgIpc) is 3.33. The van der Waals surface area contributed by atoms with Crippen molar-refractivity contribution in [1.82, 2.24) is 14.8 Å². The van der Waals surface area contributed by atoms with Crippen molar-refractivity contribution in [3.05, 3.63) is 71.4 Å². The number of hydrogen-bond donors (Lipinski definition) is 2. The number of ketones is 1. The van der Waals surface area contributed by atoms with E-state index in [0.29, 0.717) is 24.3 Å². The van der Waals surface area contributed by atoms with Gasteiger partial charge >= 0.3 is 0 Å². The molecule has 1 amide bonds. The lowest BCUT2D eigenvalue weighted by atomic mass is 9.95. The van der Waals surface area contributed by atoms with E-state index in [1.165, 1.54) is 0 Å². The number of aliphatic hydroxyl groups is 1. The van der Waals surface area contributed by atoms with Gasteiger partial charge in [-0.2, -0.15) is 0 Å². The molecule has 0 radical (unpaired) electrons. The van der Waals surface area contributed by atoms with Gasteiger partial charge < -0.3 is 24.6 Å². The number of H-pyrrole nitrogens is 1. The number of ether oxygens (including phenoxy) is 1. The van der Waals surface area contributed by atoms with Crippen molar-refractivity contribution < 1.29 is 19.4 Å². The van der Waals surface area contributed by atoms with Crippen LogP contribution in [-0.2, 0) is 9.59 Å². The molecule has 1 aromatic heterocycles. The Morgan fingerprint density at radius 1 is 1.12 bits per heavy atom. The number of carbonyl (C=O) groups excluding carboxylic acids is 2. The van der Waals surface area contributed by atoms with E-state index >= 15 is 0 Å². The van der Waals surface area contributed by atoms with E-state index in [9.17, 15) is 14.7 Å². The summed E-state index contributed by atoms with van der Waals surface area (Å²) in [6, 6.07) is 14.1. The van der Waals surface area contributed by atoms with E-state index in [1.54, 1.807) is 30.3 Å². The largest absolute Gasteiger partial charge is 0.507 e. The number of aromatic amines is 1. The molecule has 3 aromatic rings. The third-order valence-electron chi connectivity index (χ3n) is 5.82. The number of amides is 1. The predicted molar refractivity (Wildman–Crippen MR) is 123 cm³/mol. The summed E-state index contributed by atoms with van der Waals surface area (Å²) < 4.78 is 5.26. The van der Waals surface area contributed by atoms with Crippen LogP contribution >= 0.6 is 0 Å². The van der Waals surface area contributed by atoms with E-state index in [2.05, 4.69) is 4.98 Å². The van der Waals surface area contributed by atoms with E-state index < -0.39 is 17.7 Å². The first-order chi connectivity index (χ1) is 15.4. The van der Waals surface area contributed by atoms with Crippen LogP contribution in [0.3, 0.4) is 0 Å². The molecule has 2 aromatic carbocycles. The fourth-order valence-electron chi connectivity index (χ4n) is 4.21. The van der Waals surface area contributed by atoms with Crippen molar-refractivity contribution >= 4 is 28.4 Å². The van der Waals surface area contributed by atoms with Crippen LogP contribution < -0.4 is 4.74 Å². The summed E-state index contributed by atoms with van der Waals surface area (Å²) in [6.45, 7) is 1.19. The number of aromatic nitrogens is 1. The zero-order valence-electron chi connectivity index (χ0n) is 18.5. The van der Waals surface area contributed by atoms with Crippen LogP contribution in [0, 0.1) is 0 Å². The molecule has 4 rings (SSSR count). The van der Waals surface area contributed by atoms with Gasteiger partial charge in [0.2, 0.25) is 0 Å². The van der Waals surface area contributed by atoms with Gasteiger partial charge in [0, 0.05) is 29.2 Å². The maximum atomic E-state index is 13.1. The van der Waals surface area contributed by atoms with Crippen LogP contribution in [-0.4, -0.2) is 65.9 Å². The summed E-state index contributed by atoms with van der Waals surface area (Å²) in [5.41, 5.74) is 2.20. The standard InChI is InChI=1S/C25H27N3O4/c1-27(2)13-6-14-28-22(16-9-11-17(32-3)12-10-16)21(24(30)25(28)31)23(29)19-15-26-20-8-5-4-7-18(19)20/h4-5,7-12,15,22,26,29H,6,13-14H2,1-3H3/b23-21+. The number of hydrogen-bond acceptors (Lipinski definition) is 5. The Bertz CT molecular complexity index is 1180. The first-order valence-corrected chi connectivity index (χ1v) is 10.6. The van der Waals surface area contributed by atoms with Crippen LogP contribution in [0.1, 0.15) is 23.6 Å². The van der Waals surface area contributed by atoms with Gasteiger partial charge in [-0.25, -0.2) is 0 Å². The van der Waals surface area contributed by atoms with Crippen molar-refractivity contribution in [2.45, 2.75) is 12.5 Å². The molecule has 0 bridgehead atoms. The van der Waals surface area contributed by atoms with Crippen LogP contribution in [0.4, 0.5) is 0 Å². The predicted octanol–water partition coefficient (Wildman–Crippen LogP) is 3.55. The fraction of sp³-hybridized carbons (Fsp3) is 0.280. The van der Waals surface area contributed by atoms with Crippen LogP contribution in [0.5, 0.6) is 5.75 Å². The Labute approximate surface area is 186 Å². The molecule has 2 N–H and O–H groups in total. The number of nitrogens with zero attached hydrogens (tertiary/aromatic N) is 2. The minimum Gasteiger partial charge on any atom is -0.507 e. The van der Waals surface area contributed by atoms with Gasteiger partial charge in [0.25, 0.3) is 11.7 Å². The Hall–Kier alpha value is -3.58. The zero-order chi connectivity index (χ0) is 22.8. The lowest BCUT2D eigenvalue weighted by molar-refractivity contribution is -0.139. The second-order valence-corrected chi connectivity index (χ2v) is 8.17. The summed E-state index contributed by atoms with van der Waals surface area (Å²) in [7, 11) is 5.51. The van der Waals surface area contributed by atoms with Gasteiger partial charge in [0.15, 0.2) is 0 Å². The first-order valence-electron chi connectivity index (χ1n) is 10.6. The number of benzene rings is 2. The molecule has 166 valence electrons. The monoisotopic (exact) mass is 433 g/mol. The van der Waals surface area contributed by atoms with Gasteiger partial charge in [0.1, 0.15) is 11.5 Å². The van der Waals surface area contributed by atoms with Gasteiger partial charge in [-0.05, 0) is 50.8 Å². The molecule has 32 heavy (non-hydrogen) atoms. The summed E-state index contributed by atoms with van der Waals surface area (Å²) in [4.78, 5) is 32.9. The molecular formula is C25H27N3O4. The van der Waals surface area contributed by atoms with E-state index in [0.717, 1.165) is 23.0 Å². The number of Topliss-reactive ketones (excluding diaryl/α,β-unsaturated/α-hetero) is 1. The first kappa shape index (κ1) is 21.6. The Kier molecular flexibility index (Phi) is 6.01. The smallest absolute Gasteiger partial charge is 0.295 e. The lowest BCUT2D eigenvalue weighted by Gasteiger charge is -2.26. The highest BCUT2D eigenvalue weighted by Gasteiger charge is 2.46. The maximum Gasteiger partial charge on any atom is 0.295 e. The number of carbonyl (C=O) groups is 2. The van der Waals surface area contributed by atoms with E-state index in [4.69, 9.17) is 4.74 Å². The summed E-state index contributed by atoms with van der Waals surface area (Å²) >= 11 is 0. The molecule has 1 fully saturated rings. The molecular weight excluding hydrogens is 406 g/mol. The minimum atomic E-state index is -0.670. The molecule has 7 heteroatoms. The summed E-state index contributed by atoms with van der Waals surface area (Å²) in [5, 5.41) is 12.1. The Morgan fingerprint density at radius 3 is 2.53 bits per heavy atom. The molecule has 1 atom stereocenters. The number of aliphatic hydroxyl groups excluding tert-OH is 1. The van der Waals surface area contributed by atoms with Crippen molar-refractivity contribution in [2.75, 3.05) is 34.3 Å². The van der Waals surface area contributed by atoms with Crippen molar-refractivity contribution in [3.8, 4) is 5.75 Å². The quantitative estimate of drug-likeness (QED) is 0.338. The second kappa shape index (κ2) is 8.88. The van der Waals surface area contributed by atoms with Crippen molar-refractivity contribution in [3.63, 3.8) is 0 Å². The number of fused-ring (bicyclic) bond motifs is 1. The number of rotatable bonds is 7. The highest BCUT2D eigenvalue weighted by atomic mass is 16.5. The van der Waals surface area contributed by atoms with Gasteiger partial charge in [-0.3, -0.25) is 9.59 Å². The van der Waals surface area contributed by atoms with Crippen molar-refractivity contribution in [1.29, 1.82) is 0 Å². The molecule has 0 saturated carbocycles. The molecule has 1 aliphatic rings. The highest BCUT2D eigenvalue weighted by Crippen LogP contribution is 2.40. The third-order valence-corrected chi connectivity index (χ3v) is 5.82. The zero-order valence-corrected chi connectivity index (χ0v) is 18.5. The lowest BCUT2D eigenvalue weighted by Crippen LogP contribution is -2.32. The van der Waals surface area contributed by atoms with E-state index in [-0.39, 0.29) is 11.3 Å². The average molecular weight is 434 g/mol. The van der Waals surface area contributed by atoms with Gasteiger partial charge in [-0.1, -0.05) is 30.3 Å². The van der Waals surface area contributed by atoms with Crippen LogP contribution in [0.2, 0.25) is 0 Å². The SMILES string of the molecule is COc1ccc(C2/C(=C(\O)c3c[nH]c4ccccc34)C(=O)C(=O)N2CCCN(C)C)cc1. The van der Waals surface area contributed by atoms with E-state index in [1.807, 2.05) is 55.4 Å². The molecule has 1 unspecified atom stereocenters. The number of methoxy groups -OCH3 is 1. The van der Waals surface area contributed by atoms with Crippen LogP contribution in [0.15, 0.2) is 60.3 Å². The summed E-state index contributed by atoms with van der Waals surface area (Å²) in [6.07, 6.45) is 2.38. The maximum absolute atomic E-state index is 13.1. The Morgan fingerprint density at radius 2 is 1.84 bits per heavy atom. The third kappa shape index (κ3) is 3.87. The molecule has 1 aliphatic heterocycles. The number of likely N-dealkylation sites (tertiary alicyclic amines) is 1.